The van der Waals surface area contributed by atoms with Crippen molar-refractivity contribution in [3.63, 3.8) is 0 Å². The van der Waals surface area contributed by atoms with Crippen molar-refractivity contribution in [3.05, 3.63) is 23.4 Å². The lowest BCUT2D eigenvalue weighted by Crippen LogP contribution is -2.28. The van der Waals surface area contributed by atoms with E-state index in [1.54, 1.807) is 0 Å². The van der Waals surface area contributed by atoms with Gasteiger partial charge in [-0.05, 0) is 36.8 Å². The van der Waals surface area contributed by atoms with Crippen LogP contribution in [0.5, 0.6) is 5.88 Å². The van der Waals surface area contributed by atoms with Crippen LogP contribution >= 0.6 is 0 Å². The lowest BCUT2D eigenvalue weighted by atomic mass is 9.97. The van der Waals surface area contributed by atoms with Gasteiger partial charge in [-0.1, -0.05) is 53.0 Å². The standard InChI is InChI=1S/C21H36N2O/c1-5-7-18(6-2)10-13-23-14-11-19-8-9-21(24-16-17(3)4)22-20(19)12-15-23/h8-9,17-18H,5-7,10-16H2,1-4H3/t18-/m1/s1. The highest BCUT2D eigenvalue weighted by Crippen LogP contribution is 2.20. The average molecular weight is 333 g/mol. The lowest BCUT2D eigenvalue weighted by molar-refractivity contribution is 0.253. The lowest BCUT2D eigenvalue weighted by Gasteiger charge is -2.22. The van der Waals surface area contributed by atoms with Gasteiger partial charge in [-0.15, -0.1) is 0 Å². The molecule has 1 aromatic rings. The van der Waals surface area contributed by atoms with Crippen LogP contribution in [0.4, 0.5) is 0 Å². The summed E-state index contributed by atoms with van der Waals surface area (Å²) in [6.07, 6.45) is 7.53. The molecule has 1 aliphatic rings. The Morgan fingerprint density at radius 1 is 1.12 bits per heavy atom. The molecule has 0 spiro atoms. The summed E-state index contributed by atoms with van der Waals surface area (Å²) < 4.78 is 5.80. The van der Waals surface area contributed by atoms with E-state index >= 15 is 0 Å². The third kappa shape index (κ3) is 6.08. The number of pyridine rings is 1. The zero-order valence-electron chi connectivity index (χ0n) is 16.2. The number of rotatable bonds is 9. The van der Waals surface area contributed by atoms with E-state index in [0.717, 1.165) is 37.8 Å². The highest BCUT2D eigenvalue weighted by molar-refractivity contribution is 5.27. The van der Waals surface area contributed by atoms with Gasteiger partial charge in [0, 0.05) is 31.3 Å². The van der Waals surface area contributed by atoms with Crippen molar-refractivity contribution in [2.45, 2.75) is 66.2 Å². The second-order valence-electron chi connectivity index (χ2n) is 7.65. The third-order valence-corrected chi connectivity index (χ3v) is 5.10. The van der Waals surface area contributed by atoms with Crippen LogP contribution in [0, 0.1) is 11.8 Å². The van der Waals surface area contributed by atoms with Crippen molar-refractivity contribution in [1.29, 1.82) is 0 Å². The van der Waals surface area contributed by atoms with Crippen molar-refractivity contribution in [1.82, 2.24) is 9.88 Å². The Morgan fingerprint density at radius 3 is 2.62 bits per heavy atom. The molecule has 24 heavy (non-hydrogen) atoms. The Kier molecular flexibility index (Phi) is 8.04. The molecule has 136 valence electrons. The minimum atomic E-state index is 0.538. The number of aromatic nitrogens is 1. The zero-order valence-corrected chi connectivity index (χ0v) is 16.2. The highest BCUT2D eigenvalue weighted by atomic mass is 16.5. The van der Waals surface area contributed by atoms with E-state index < -0.39 is 0 Å². The first kappa shape index (κ1) is 19.2. The Morgan fingerprint density at radius 2 is 1.92 bits per heavy atom. The Balaban J connectivity index is 1.87. The van der Waals surface area contributed by atoms with Gasteiger partial charge in [0.1, 0.15) is 0 Å². The van der Waals surface area contributed by atoms with E-state index in [1.807, 2.05) is 6.07 Å². The van der Waals surface area contributed by atoms with Gasteiger partial charge in [0.25, 0.3) is 0 Å². The summed E-state index contributed by atoms with van der Waals surface area (Å²) in [5, 5.41) is 0. The van der Waals surface area contributed by atoms with Gasteiger partial charge in [-0.25, -0.2) is 4.98 Å². The molecule has 0 saturated carbocycles. The fraction of sp³-hybridized carbons (Fsp3) is 0.762. The molecule has 3 heteroatoms. The fourth-order valence-corrected chi connectivity index (χ4v) is 3.49. The second kappa shape index (κ2) is 10.0. The molecule has 0 bridgehead atoms. The van der Waals surface area contributed by atoms with E-state index in [-0.39, 0.29) is 0 Å². The molecule has 0 amide bonds. The maximum Gasteiger partial charge on any atom is 0.213 e. The molecule has 0 fully saturated rings. The second-order valence-corrected chi connectivity index (χ2v) is 7.65. The number of hydrogen-bond donors (Lipinski definition) is 0. The zero-order chi connectivity index (χ0) is 17.4. The molecule has 1 aliphatic heterocycles. The molecule has 2 heterocycles. The summed E-state index contributed by atoms with van der Waals surface area (Å²) in [6, 6.07) is 4.28. The van der Waals surface area contributed by atoms with E-state index in [1.165, 1.54) is 50.0 Å². The van der Waals surface area contributed by atoms with Crippen LogP contribution in [-0.4, -0.2) is 36.1 Å². The van der Waals surface area contributed by atoms with Crippen LogP contribution in [0.15, 0.2) is 12.1 Å². The molecule has 0 N–H and O–H groups in total. The number of nitrogens with zero attached hydrogens (tertiary/aromatic N) is 2. The van der Waals surface area contributed by atoms with Crippen molar-refractivity contribution in [2.24, 2.45) is 11.8 Å². The summed E-state index contributed by atoms with van der Waals surface area (Å²) in [6.45, 7) is 13.3. The average Bonchev–Trinajstić information content (AvgIpc) is 2.78. The number of ether oxygens (including phenoxy) is 1. The molecule has 2 rings (SSSR count). The normalized spacial score (nSPS) is 16.7. The molecule has 0 unspecified atom stereocenters. The predicted molar refractivity (Wildman–Crippen MR) is 102 cm³/mol. The van der Waals surface area contributed by atoms with Crippen LogP contribution < -0.4 is 4.74 Å². The molecule has 1 atom stereocenters. The first-order valence-corrected chi connectivity index (χ1v) is 9.96. The number of fused-ring (bicyclic) bond motifs is 1. The van der Waals surface area contributed by atoms with Gasteiger partial charge in [0.2, 0.25) is 5.88 Å². The van der Waals surface area contributed by atoms with Crippen molar-refractivity contribution in [2.75, 3.05) is 26.2 Å². The largest absolute Gasteiger partial charge is 0.477 e. The highest BCUT2D eigenvalue weighted by Gasteiger charge is 2.17. The summed E-state index contributed by atoms with van der Waals surface area (Å²) in [7, 11) is 0. The molecule has 0 saturated heterocycles. The van der Waals surface area contributed by atoms with Crippen LogP contribution in [0.2, 0.25) is 0 Å². The van der Waals surface area contributed by atoms with Crippen LogP contribution in [0.3, 0.4) is 0 Å². The quantitative estimate of drug-likeness (QED) is 0.653. The summed E-state index contributed by atoms with van der Waals surface area (Å²) in [4.78, 5) is 7.41. The van der Waals surface area contributed by atoms with Gasteiger partial charge >= 0.3 is 0 Å². The van der Waals surface area contributed by atoms with E-state index in [2.05, 4.69) is 38.7 Å². The van der Waals surface area contributed by atoms with Crippen LogP contribution in [0.1, 0.15) is 64.6 Å². The third-order valence-electron chi connectivity index (χ3n) is 5.10. The maximum atomic E-state index is 5.80. The molecule has 3 nitrogen and oxygen atoms in total. The molecule has 0 aromatic carbocycles. The minimum Gasteiger partial charge on any atom is -0.477 e. The molecule has 0 aliphatic carbocycles. The van der Waals surface area contributed by atoms with Gasteiger partial charge in [-0.3, -0.25) is 0 Å². The Bertz CT molecular complexity index is 487. The van der Waals surface area contributed by atoms with Crippen molar-refractivity contribution < 1.29 is 4.74 Å². The van der Waals surface area contributed by atoms with Gasteiger partial charge in [0.05, 0.1) is 6.61 Å². The summed E-state index contributed by atoms with van der Waals surface area (Å²) in [5.74, 6) is 2.23. The molecular weight excluding hydrogens is 296 g/mol. The molecular formula is C21H36N2O. The van der Waals surface area contributed by atoms with Gasteiger partial charge < -0.3 is 9.64 Å². The predicted octanol–water partition coefficient (Wildman–Crippen LogP) is 4.73. The smallest absolute Gasteiger partial charge is 0.213 e. The Hall–Kier alpha value is -1.09. The van der Waals surface area contributed by atoms with Gasteiger partial charge in [0.15, 0.2) is 0 Å². The van der Waals surface area contributed by atoms with Crippen LogP contribution in [-0.2, 0) is 12.8 Å². The monoisotopic (exact) mass is 332 g/mol. The van der Waals surface area contributed by atoms with Gasteiger partial charge in [-0.2, -0.15) is 0 Å². The number of hydrogen-bond acceptors (Lipinski definition) is 3. The van der Waals surface area contributed by atoms with E-state index in [0.29, 0.717) is 5.92 Å². The fourth-order valence-electron chi connectivity index (χ4n) is 3.49. The molecule has 0 radical (unpaired) electrons. The summed E-state index contributed by atoms with van der Waals surface area (Å²) in [5.41, 5.74) is 2.66. The minimum absolute atomic E-state index is 0.538. The van der Waals surface area contributed by atoms with Crippen LogP contribution in [0.25, 0.3) is 0 Å². The topological polar surface area (TPSA) is 25.4 Å². The van der Waals surface area contributed by atoms with Crippen molar-refractivity contribution in [3.8, 4) is 5.88 Å². The van der Waals surface area contributed by atoms with Crippen molar-refractivity contribution >= 4 is 0 Å². The SMILES string of the molecule is CCC[C@@H](CC)CCN1CCc2ccc(OCC(C)C)nc2CC1. The molecule has 1 aromatic heterocycles. The Labute approximate surface area is 148 Å². The summed E-state index contributed by atoms with van der Waals surface area (Å²) >= 11 is 0. The van der Waals surface area contributed by atoms with E-state index in [9.17, 15) is 0 Å². The first-order chi connectivity index (χ1) is 11.6. The maximum absolute atomic E-state index is 5.80. The first-order valence-electron chi connectivity index (χ1n) is 9.96. The van der Waals surface area contributed by atoms with E-state index in [4.69, 9.17) is 9.72 Å².